The Kier molecular flexibility index (Phi) is 5.65. The first-order valence-electron chi connectivity index (χ1n) is 11.8. The maximum absolute atomic E-state index is 2.58. The Morgan fingerprint density at radius 1 is 0.750 bits per heavy atom. The van der Waals surface area contributed by atoms with E-state index in [1.54, 1.807) is 16.7 Å². The molecular formula is C31H40S. The van der Waals surface area contributed by atoms with E-state index in [0.29, 0.717) is 10.5 Å². The lowest BCUT2D eigenvalue weighted by Gasteiger charge is -2.46. The third kappa shape index (κ3) is 3.54. The van der Waals surface area contributed by atoms with Crippen LogP contribution in [0.25, 0.3) is 17.2 Å². The van der Waals surface area contributed by atoms with Crippen LogP contribution in [0.15, 0.2) is 70.3 Å². The largest absolute Gasteiger partial charge is 0.226 e. The van der Waals surface area contributed by atoms with Gasteiger partial charge in [-0.2, -0.15) is 0 Å². The molecule has 0 aromatic heterocycles. The van der Waals surface area contributed by atoms with Crippen LogP contribution in [0.5, 0.6) is 0 Å². The quantitative estimate of drug-likeness (QED) is 0.442. The normalized spacial score (nSPS) is 20.2. The molecule has 2 aromatic carbocycles. The summed E-state index contributed by atoms with van der Waals surface area (Å²) in [7, 11) is -1.01. The SMILES string of the molecule is CC1=Cc2c(-c3ccccc3)cc(C(C)(C)C)cc2C1S(C)(C)C1C(C)=C(C)C(C)=C1C. The minimum Gasteiger partial charge on any atom is -0.226 e. The summed E-state index contributed by atoms with van der Waals surface area (Å²) >= 11 is 0. The average molecular weight is 445 g/mol. The van der Waals surface area contributed by atoms with Gasteiger partial charge in [0.15, 0.2) is 0 Å². The van der Waals surface area contributed by atoms with Crippen LogP contribution in [0.1, 0.15) is 77.3 Å². The van der Waals surface area contributed by atoms with Gasteiger partial charge in [-0.25, -0.2) is 10.0 Å². The van der Waals surface area contributed by atoms with Gasteiger partial charge >= 0.3 is 0 Å². The van der Waals surface area contributed by atoms with E-state index in [1.165, 1.54) is 39.0 Å². The Balaban J connectivity index is 1.95. The zero-order valence-electron chi connectivity index (χ0n) is 21.7. The van der Waals surface area contributed by atoms with Gasteiger partial charge in [-0.05, 0) is 91.5 Å². The maximum atomic E-state index is 2.58. The molecule has 170 valence electrons. The van der Waals surface area contributed by atoms with Crippen LogP contribution in [0.2, 0.25) is 0 Å². The predicted molar refractivity (Wildman–Crippen MR) is 147 cm³/mol. The fourth-order valence-electron chi connectivity index (χ4n) is 6.06. The molecule has 2 aromatic rings. The molecular weight excluding hydrogens is 404 g/mol. The van der Waals surface area contributed by atoms with Gasteiger partial charge in [0.1, 0.15) is 0 Å². The maximum Gasteiger partial charge on any atom is 0.0361 e. The van der Waals surface area contributed by atoms with Crippen molar-refractivity contribution in [3.63, 3.8) is 0 Å². The molecule has 0 amide bonds. The summed E-state index contributed by atoms with van der Waals surface area (Å²) in [5.74, 6) is 0. The molecule has 0 radical (unpaired) electrons. The van der Waals surface area contributed by atoms with Crippen LogP contribution < -0.4 is 0 Å². The molecule has 0 spiro atoms. The summed E-state index contributed by atoms with van der Waals surface area (Å²) in [5, 5.41) is 1.07. The van der Waals surface area contributed by atoms with Crippen molar-refractivity contribution in [2.24, 2.45) is 0 Å². The third-order valence-corrected chi connectivity index (χ3v) is 11.7. The molecule has 32 heavy (non-hydrogen) atoms. The van der Waals surface area contributed by atoms with Crippen molar-refractivity contribution < 1.29 is 0 Å². The van der Waals surface area contributed by atoms with E-state index in [4.69, 9.17) is 0 Å². The lowest BCUT2D eigenvalue weighted by atomic mass is 9.82. The predicted octanol–water partition coefficient (Wildman–Crippen LogP) is 9.23. The second-order valence-electron chi connectivity index (χ2n) is 11.4. The highest BCUT2D eigenvalue weighted by Crippen LogP contribution is 2.68. The molecule has 0 N–H and O–H groups in total. The Morgan fingerprint density at radius 3 is 1.84 bits per heavy atom. The Bertz CT molecular complexity index is 1140. The number of allylic oxidation sites excluding steroid dienone is 2. The Morgan fingerprint density at radius 2 is 1.31 bits per heavy atom. The van der Waals surface area contributed by atoms with Gasteiger partial charge in [0.05, 0.1) is 0 Å². The van der Waals surface area contributed by atoms with E-state index < -0.39 is 10.0 Å². The van der Waals surface area contributed by atoms with Gasteiger partial charge in [-0.15, -0.1) is 0 Å². The average Bonchev–Trinajstić information content (AvgIpc) is 3.16. The Hall–Kier alpha value is -1.99. The summed E-state index contributed by atoms with van der Waals surface area (Å²) in [5.41, 5.74) is 15.0. The van der Waals surface area contributed by atoms with Crippen molar-refractivity contribution >= 4 is 16.1 Å². The second kappa shape index (κ2) is 7.80. The summed E-state index contributed by atoms with van der Waals surface area (Å²) in [6, 6.07) is 16.0. The van der Waals surface area contributed by atoms with Crippen LogP contribution in [-0.4, -0.2) is 17.8 Å². The van der Waals surface area contributed by atoms with Crippen LogP contribution in [0, 0.1) is 0 Å². The molecule has 0 nitrogen and oxygen atoms in total. The van der Waals surface area contributed by atoms with E-state index in [9.17, 15) is 0 Å². The number of fused-ring (bicyclic) bond motifs is 1. The fraction of sp³-hybridized carbons (Fsp3) is 0.419. The van der Waals surface area contributed by atoms with Crippen molar-refractivity contribution in [1.82, 2.24) is 0 Å². The highest BCUT2D eigenvalue weighted by molar-refractivity contribution is 8.33. The van der Waals surface area contributed by atoms with Gasteiger partial charge in [-0.1, -0.05) is 86.0 Å². The number of hydrogen-bond donors (Lipinski definition) is 0. The lowest BCUT2D eigenvalue weighted by molar-refractivity contribution is 0.589. The molecule has 4 rings (SSSR count). The summed E-state index contributed by atoms with van der Waals surface area (Å²) in [4.78, 5) is 0. The van der Waals surface area contributed by atoms with Gasteiger partial charge in [0, 0.05) is 10.5 Å². The minimum atomic E-state index is -1.01. The molecule has 1 atom stereocenters. The van der Waals surface area contributed by atoms with Gasteiger partial charge in [-0.3, -0.25) is 0 Å². The van der Waals surface area contributed by atoms with Crippen LogP contribution in [-0.2, 0) is 5.41 Å². The third-order valence-electron chi connectivity index (χ3n) is 7.98. The van der Waals surface area contributed by atoms with Gasteiger partial charge in [0.2, 0.25) is 0 Å². The molecule has 1 unspecified atom stereocenters. The zero-order chi connectivity index (χ0) is 23.6. The molecule has 0 saturated carbocycles. The topological polar surface area (TPSA) is 0 Å². The zero-order valence-corrected chi connectivity index (χ0v) is 22.5. The highest BCUT2D eigenvalue weighted by atomic mass is 32.3. The van der Waals surface area contributed by atoms with Crippen molar-refractivity contribution in [3.05, 3.63) is 87.0 Å². The van der Waals surface area contributed by atoms with Crippen molar-refractivity contribution in [3.8, 4) is 11.1 Å². The van der Waals surface area contributed by atoms with Crippen molar-refractivity contribution in [1.29, 1.82) is 0 Å². The first kappa shape index (κ1) is 23.2. The van der Waals surface area contributed by atoms with E-state index in [1.807, 2.05) is 0 Å². The fourth-order valence-corrected chi connectivity index (χ4v) is 10.4. The van der Waals surface area contributed by atoms with Crippen LogP contribution in [0.3, 0.4) is 0 Å². The molecule has 1 heteroatoms. The molecule has 2 aliphatic carbocycles. The molecule has 0 fully saturated rings. The van der Waals surface area contributed by atoms with E-state index in [-0.39, 0.29) is 5.41 Å². The smallest absolute Gasteiger partial charge is 0.0361 e. The molecule has 2 aliphatic rings. The number of benzene rings is 2. The number of hydrogen-bond acceptors (Lipinski definition) is 0. The van der Waals surface area contributed by atoms with Gasteiger partial charge < -0.3 is 0 Å². The highest BCUT2D eigenvalue weighted by Gasteiger charge is 2.43. The number of rotatable bonds is 3. The van der Waals surface area contributed by atoms with E-state index in [2.05, 4.69) is 116 Å². The van der Waals surface area contributed by atoms with Crippen LogP contribution in [0.4, 0.5) is 0 Å². The molecule has 0 aliphatic heterocycles. The first-order chi connectivity index (χ1) is 14.9. The van der Waals surface area contributed by atoms with Crippen LogP contribution >= 0.6 is 10.0 Å². The minimum absolute atomic E-state index is 0.116. The Labute approximate surface area is 197 Å². The van der Waals surface area contributed by atoms with E-state index in [0.717, 1.165) is 0 Å². The molecule has 0 bridgehead atoms. The van der Waals surface area contributed by atoms with Crippen molar-refractivity contribution in [2.45, 2.75) is 71.3 Å². The lowest BCUT2D eigenvalue weighted by Crippen LogP contribution is -2.24. The monoisotopic (exact) mass is 444 g/mol. The first-order valence-corrected chi connectivity index (χ1v) is 14.4. The molecule has 0 heterocycles. The summed E-state index contributed by atoms with van der Waals surface area (Å²) in [6.07, 6.45) is 7.66. The molecule has 0 saturated heterocycles. The summed E-state index contributed by atoms with van der Waals surface area (Å²) in [6.45, 7) is 18.8. The second-order valence-corrected chi connectivity index (χ2v) is 15.3. The van der Waals surface area contributed by atoms with Gasteiger partial charge in [0.25, 0.3) is 0 Å². The van der Waals surface area contributed by atoms with E-state index >= 15 is 0 Å². The standard InChI is InChI=1S/C31H40S/c1-19-16-27-26(24-14-12-11-13-15-24)17-25(31(6,7)8)18-28(27)29(19)32(9,10)30-22(4)20(2)21(3)23(30)5/h11-18,29-30H,1-10H3. The summed E-state index contributed by atoms with van der Waals surface area (Å²) < 4.78 is 0. The van der Waals surface area contributed by atoms with Crippen molar-refractivity contribution in [2.75, 3.05) is 12.5 Å².